The van der Waals surface area contributed by atoms with Crippen LogP contribution >= 0.6 is 11.3 Å². The van der Waals surface area contributed by atoms with E-state index in [1.807, 2.05) is 13.8 Å². The molecule has 1 amide bonds. The summed E-state index contributed by atoms with van der Waals surface area (Å²) < 4.78 is 11.4. The van der Waals surface area contributed by atoms with Gasteiger partial charge in [-0.05, 0) is 33.1 Å². The number of carbonyl (C=O) groups excluding carboxylic acids is 1. The van der Waals surface area contributed by atoms with Gasteiger partial charge in [-0.25, -0.2) is 0 Å². The smallest absolute Gasteiger partial charge is 0.261 e. The van der Waals surface area contributed by atoms with Crippen LogP contribution in [0.5, 0.6) is 5.75 Å². The van der Waals surface area contributed by atoms with E-state index < -0.39 is 5.91 Å². The van der Waals surface area contributed by atoms with Gasteiger partial charge in [0.25, 0.3) is 5.91 Å². The minimum atomic E-state index is -0.534. The largest absolute Gasteiger partial charge is 0.486 e. The predicted molar refractivity (Wildman–Crippen MR) is 85.1 cm³/mol. The number of ether oxygens (including phenoxy) is 2. The number of hydrogen-bond donors (Lipinski definition) is 3. The van der Waals surface area contributed by atoms with Gasteiger partial charge in [0.2, 0.25) is 0 Å². The Labute approximate surface area is 128 Å². The summed E-state index contributed by atoms with van der Waals surface area (Å²) >= 11 is 1.23. The molecule has 2 rings (SSSR count). The molecular formula is C14H23N3O3S. The quantitative estimate of drug-likeness (QED) is 0.747. The van der Waals surface area contributed by atoms with Crippen molar-refractivity contribution >= 4 is 27.9 Å². The molecule has 5 N–H and O–H groups in total. The van der Waals surface area contributed by atoms with Crippen molar-refractivity contribution in [3.63, 3.8) is 0 Å². The van der Waals surface area contributed by atoms with Gasteiger partial charge < -0.3 is 26.3 Å². The van der Waals surface area contributed by atoms with Gasteiger partial charge in [-0.3, -0.25) is 4.79 Å². The summed E-state index contributed by atoms with van der Waals surface area (Å²) in [4.78, 5) is 11.8. The molecule has 0 spiro atoms. The second kappa shape index (κ2) is 7.00. The third-order valence-electron chi connectivity index (χ3n) is 3.24. The van der Waals surface area contributed by atoms with Crippen LogP contribution in [0.1, 0.15) is 42.8 Å². The standard InChI is InChI=1S/C14H23N3O3S/c1-8(2)20-11-10(15)12(13(16)18)21-14(11)17-7-9-5-3-4-6-19-9/h8-9,17H,3-7,15H2,1-2H3,(H2,16,18). The van der Waals surface area contributed by atoms with Crippen LogP contribution in [0.2, 0.25) is 0 Å². The number of anilines is 2. The lowest BCUT2D eigenvalue weighted by Gasteiger charge is -2.23. The van der Waals surface area contributed by atoms with Gasteiger partial charge in [-0.15, -0.1) is 11.3 Å². The predicted octanol–water partition coefficient (Wildman–Crippen LogP) is 2.20. The Morgan fingerprint density at radius 3 is 2.86 bits per heavy atom. The zero-order valence-corrected chi connectivity index (χ0v) is 13.3. The highest BCUT2D eigenvalue weighted by atomic mass is 32.1. The van der Waals surface area contributed by atoms with Gasteiger partial charge in [0.15, 0.2) is 5.75 Å². The fraction of sp³-hybridized carbons (Fsp3) is 0.643. The minimum absolute atomic E-state index is 0.0332. The lowest BCUT2D eigenvalue weighted by Crippen LogP contribution is -2.26. The zero-order chi connectivity index (χ0) is 15.4. The van der Waals surface area contributed by atoms with Crippen LogP contribution in [-0.2, 0) is 4.74 Å². The second-order valence-corrected chi connectivity index (χ2v) is 6.42. The van der Waals surface area contributed by atoms with E-state index in [0.717, 1.165) is 24.4 Å². The van der Waals surface area contributed by atoms with Crippen LogP contribution in [0.25, 0.3) is 0 Å². The number of hydrogen-bond acceptors (Lipinski definition) is 6. The van der Waals surface area contributed by atoms with E-state index in [1.54, 1.807) is 0 Å². The maximum absolute atomic E-state index is 11.4. The number of rotatable bonds is 6. The Morgan fingerprint density at radius 1 is 1.52 bits per heavy atom. The molecule has 0 bridgehead atoms. The topological polar surface area (TPSA) is 99.6 Å². The fourth-order valence-corrected chi connectivity index (χ4v) is 3.17. The molecule has 1 aromatic heterocycles. The molecule has 21 heavy (non-hydrogen) atoms. The lowest BCUT2D eigenvalue weighted by molar-refractivity contribution is 0.0248. The number of thiophene rings is 1. The molecule has 1 aliphatic heterocycles. The number of nitrogens with two attached hydrogens (primary N) is 2. The molecule has 0 saturated carbocycles. The molecule has 2 heterocycles. The monoisotopic (exact) mass is 313 g/mol. The van der Waals surface area contributed by atoms with Crippen molar-refractivity contribution < 1.29 is 14.3 Å². The molecule has 6 nitrogen and oxygen atoms in total. The van der Waals surface area contributed by atoms with E-state index in [0.29, 0.717) is 22.9 Å². The van der Waals surface area contributed by atoms with Crippen LogP contribution in [-0.4, -0.2) is 31.3 Å². The lowest BCUT2D eigenvalue weighted by atomic mass is 10.1. The minimum Gasteiger partial charge on any atom is -0.486 e. The van der Waals surface area contributed by atoms with E-state index in [-0.39, 0.29) is 12.2 Å². The highest BCUT2D eigenvalue weighted by Crippen LogP contribution is 2.43. The van der Waals surface area contributed by atoms with Crippen molar-refractivity contribution in [1.82, 2.24) is 0 Å². The summed E-state index contributed by atoms with van der Waals surface area (Å²) in [7, 11) is 0. The van der Waals surface area contributed by atoms with Gasteiger partial charge in [0.05, 0.1) is 12.2 Å². The molecule has 0 aromatic carbocycles. The molecule has 0 radical (unpaired) electrons. The Kier molecular flexibility index (Phi) is 5.30. The number of amides is 1. The highest BCUT2D eigenvalue weighted by molar-refractivity contribution is 7.19. The Balaban J connectivity index is 2.12. The van der Waals surface area contributed by atoms with Gasteiger partial charge in [-0.1, -0.05) is 0 Å². The average Bonchev–Trinajstić information content (AvgIpc) is 2.75. The number of nitrogen functional groups attached to an aromatic ring is 1. The molecule has 1 unspecified atom stereocenters. The Morgan fingerprint density at radius 2 is 2.29 bits per heavy atom. The van der Waals surface area contributed by atoms with Crippen molar-refractivity contribution in [2.75, 3.05) is 24.2 Å². The molecule has 1 aliphatic rings. The Hall–Kier alpha value is -1.47. The summed E-state index contributed by atoms with van der Waals surface area (Å²) in [5.41, 5.74) is 11.6. The molecule has 118 valence electrons. The van der Waals surface area contributed by atoms with Gasteiger partial charge in [0, 0.05) is 13.2 Å². The van der Waals surface area contributed by atoms with E-state index >= 15 is 0 Å². The van der Waals surface area contributed by atoms with Crippen LogP contribution in [0, 0.1) is 0 Å². The van der Waals surface area contributed by atoms with Gasteiger partial charge in [0.1, 0.15) is 15.6 Å². The molecule has 1 saturated heterocycles. The summed E-state index contributed by atoms with van der Waals surface area (Å²) in [6.45, 7) is 5.30. The molecule has 1 fully saturated rings. The van der Waals surface area contributed by atoms with E-state index in [2.05, 4.69) is 5.32 Å². The molecular weight excluding hydrogens is 290 g/mol. The fourth-order valence-electron chi connectivity index (χ4n) is 2.26. The second-order valence-electron chi connectivity index (χ2n) is 5.40. The van der Waals surface area contributed by atoms with Crippen LogP contribution in [0.4, 0.5) is 10.7 Å². The van der Waals surface area contributed by atoms with E-state index in [4.69, 9.17) is 20.9 Å². The van der Waals surface area contributed by atoms with Crippen molar-refractivity contribution in [2.24, 2.45) is 5.73 Å². The van der Waals surface area contributed by atoms with Gasteiger partial charge >= 0.3 is 0 Å². The van der Waals surface area contributed by atoms with E-state index in [9.17, 15) is 4.79 Å². The summed E-state index contributed by atoms with van der Waals surface area (Å²) in [5.74, 6) is -0.0207. The summed E-state index contributed by atoms with van der Waals surface area (Å²) in [5, 5.41) is 4.03. The third-order valence-corrected chi connectivity index (χ3v) is 4.40. The molecule has 7 heteroatoms. The molecule has 1 aromatic rings. The van der Waals surface area contributed by atoms with Crippen molar-refractivity contribution in [3.8, 4) is 5.75 Å². The first kappa shape index (κ1) is 15.9. The number of carbonyl (C=O) groups is 1. The zero-order valence-electron chi connectivity index (χ0n) is 12.5. The van der Waals surface area contributed by atoms with Crippen LogP contribution in [0.15, 0.2) is 0 Å². The summed E-state index contributed by atoms with van der Waals surface area (Å²) in [6, 6.07) is 0. The van der Waals surface area contributed by atoms with Crippen LogP contribution < -0.4 is 21.5 Å². The Bertz CT molecular complexity index is 496. The van der Waals surface area contributed by atoms with Crippen molar-refractivity contribution in [2.45, 2.75) is 45.3 Å². The van der Waals surface area contributed by atoms with Crippen LogP contribution in [0.3, 0.4) is 0 Å². The molecule has 0 aliphatic carbocycles. The first-order chi connectivity index (χ1) is 9.99. The third kappa shape index (κ3) is 4.01. The van der Waals surface area contributed by atoms with Crippen molar-refractivity contribution in [3.05, 3.63) is 4.88 Å². The highest BCUT2D eigenvalue weighted by Gasteiger charge is 2.22. The number of primary amides is 1. The maximum Gasteiger partial charge on any atom is 0.261 e. The normalized spacial score (nSPS) is 18.7. The van der Waals surface area contributed by atoms with Gasteiger partial charge in [-0.2, -0.15) is 0 Å². The first-order valence-corrected chi connectivity index (χ1v) is 8.05. The average molecular weight is 313 g/mol. The SMILES string of the molecule is CC(C)Oc1c(NCC2CCCCO2)sc(C(N)=O)c1N. The number of nitrogens with one attached hydrogen (secondary N) is 1. The molecule has 1 atom stereocenters. The first-order valence-electron chi connectivity index (χ1n) is 7.23. The maximum atomic E-state index is 11.4. The van der Waals surface area contributed by atoms with Crippen molar-refractivity contribution in [1.29, 1.82) is 0 Å². The summed E-state index contributed by atoms with van der Waals surface area (Å²) in [6.07, 6.45) is 3.49. The van der Waals surface area contributed by atoms with E-state index in [1.165, 1.54) is 17.8 Å².